The molecule has 30 heavy (non-hydrogen) atoms. The maximum Gasteiger partial charge on any atom is 0.252 e. The quantitative estimate of drug-likeness (QED) is 0.539. The number of hydrogen-bond donors (Lipinski definition) is 1. The van der Waals surface area contributed by atoms with Crippen LogP contribution < -0.4 is 10.2 Å². The Labute approximate surface area is 174 Å². The molecular formula is C24H22N4O2. The number of fused-ring (bicyclic) bond motifs is 1. The van der Waals surface area contributed by atoms with E-state index in [9.17, 15) is 4.79 Å². The zero-order valence-corrected chi connectivity index (χ0v) is 16.5. The summed E-state index contributed by atoms with van der Waals surface area (Å²) >= 11 is 0. The lowest BCUT2D eigenvalue weighted by Gasteiger charge is -2.17. The summed E-state index contributed by atoms with van der Waals surface area (Å²) in [6.07, 6.45) is 5.82. The van der Waals surface area contributed by atoms with Crippen molar-refractivity contribution in [3.63, 3.8) is 0 Å². The zero-order valence-electron chi connectivity index (χ0n) is 16.5. The lowest BCUT2D eigenvalue weighted by atomic mass is 10.1. The maximum atomic E-state index is 13.1. The Morgan fingerprint density at radius 3 is 2.77 bits per heavy atom. The SMILES string of the molecule is O=C(NCc1ccnc(N2CCCC2)c1)c1cc(-c2ccco2)nc2ccccc12. The highest BCUT2D eigenvalue weighted by Crippen LogP contribution is 2.25. The van der Waals surface area contributed by atoms with Crippen LogP contribution in [-0.4, -0.2) is 29.0 Å². The van der Waals surface area contributed by atoms with Crippen molar-refractivity contribution in [2.45, 2.75) is 19.4 Å². The van der Waals surface area contributed by atoms with Gasteiger partial charge in [-0.3, -0.25) is 4.79 Å². The number of carbonyl (C=O) groups excluding carboxylic acids is 1. The number of para-hydroxylation sites is 1. The monoisotopic (exact) mass is 398 g/mol. The van der Waals surface area contributed by atoms with Gasteiger partial charge in [-0.05, 0) is 54.8 Å². The van der Waals surface area contributed by atoms with Crippen molar-refractivity contribution in [2.75, 3.05) is 18.0 Å². The molecular weight excluding hydrogens is 376 g/mol. The summed E-state index contributed by atoms with van der Waals surface area (Å²) in [6.45, 7) is 2.53. The molecule has 0 spiro atoms. The normalized spacial score (nSPS) is 13.7. The molecule has 0 aliphatic carbocycles. The molecule has 1 aliphatic rings. The second kappa shape index (κ2) is 7.99. The standard InChI is InChI=1S/C24H22N4O2/c29-24(26-16-17-9-10-25-23(14-17)28-11-3-4-12-28)19-15-21(22-8-5-13-30-22)27-20-7-2-1-6-18(19)20/h1-2,5-10,13-15H,3-4,11-12,16H2,(H,26,29). The first-order chi connectivity index (χ1) is 14.8. The number of pyridine rings is 2. The highest BCUT2D eigenvalue weighted by molar-refractivity contribution is 6.07. The predicted octanol–water partition coefficient (Wildman–Crippen LogP) is 4.42. The Morgan fingerprint density at radius 2 is 1.93 bits per heavy atom. The Hall–Kier alpha value is -3.67. The van der Waals surface area contributed by atoms with E-state index >= 15 is 0 Å². The van der Waals surface area contributed by atoms with E-state index in [0.29, 0.717) is 23.6 Å². The van der Waals surface area contributed by atoms with Gasteiger partial charge in [0.05, 0.1) is 17.3 Å². The number of anilines is 1. The van der Waals surface area contributed by atoms with Crippen LogP contribution in [-0.2, 0) is 6.54 Å². The van der Waals surface area contributed by atoms with E-state index in [4.69, 9.17) is 4.42 Å². The van der Waals surface area contributed by atoms with Crippen LogP contribution in [0.15, 0.2) is 71.5 Å². The van der Waals surface area contributed by atoms with Gasteiger partial charge < -0.3 is 14.6 Å². The molecule has 1 N–H and O–H groups in total. The molecule has 1 aliphatic heterocycles. The smallest absolute Gasteiger partial charge is 0.252 e. The summed E-state index contributed by atoms with van der Waals surface area (Å²) < 4.78 is 5.49. The van der Waals surface area contributed by atoms with Crippen molar-refractivity contribution in [3.05, 3.63) is 78.2 Å². The molecule has 150 valence electrons. The Morgan fingerprint density at radius 1 is 1.07 bits per heavy atom. The van der Waals surface area contributed by atoms with Crippen LogP contribution in [0.4, 0.5) is 5.82 Å². The highest BCUT2D eigenvalue weighted by atomic mass is 16.3. The molecule has 0 bridgehead atoms. The molecule has 1 amide bonds. The number of benzene rings is 1. The number of hydrogen-bond acceptors (Lipinski definition) is 5. The van der Waals surface area contributed by atoms with Gasteiger partial charge in [0, 0.05) is 31.2 Å². The van der Waals surface area contributed by atoms with Crippen molar-refractivity contribution in [1.29, 1.82) is 0 Å². The molecule has 1 saturated heterocycles. The van der Waals surface area contributed by atoms with Crippen LogP contribution in [0.2, 0.25) is 0 Å². The van der Waals surface area contributed by atoms with Crippen molar-refractivity contribution in [1.82, 2.24) is 15.3 Å². The molecule has 6 heteroatoms. The van der Waals surface area contributed by atoms with Gasteiger partial charge in [-0.2, -0.15) is 0 Å². The fraction of sp³-hybridized carbons (Fsp3) is 0.208. The van der Waals surface area contributed by atoms with Crippen LogP contribution in [0.5, 0.6) is 0 Å². The summed E-state index contributed by atoms with van der Waals surface area (Å²) in [6, 6.07) is 17.1. The lowest BCUT2D eigenvalue weighted by Crippen LogP contribution is -2.24. The summed E-state index contributed by atoms with van der Waals surface area (Å²) in [5, 5.41) is 3.87. The molecule has 4 aromatic rings. The molecule has 4 heterocycles. The van der Waals surface area contributed by atoms with Crippen LogP contribution in [0.1, 0.15) is 28.8 Å². The molecule has 0 saturated carbocycles. The molecule has 1 fully saturated rings. The van der Waals surface area contributed by atoms with Gasteiger partial charge in [-0.25, -0.2) is 9.97 Å². The first-order valence-corrected chi connectivity index (χ1v) is 10.2. The van der Waals surface area contributed by atoms with Crippen molar-refractivity contribution in [3.8, 4) is 11.5 Å². The number of rotatable bonds is 5. The summed E-state index contributed by atoms with van der Waals surface area (Å²) in [5.41, 5.74) is 3.02. The van der Waals surface area contributed by atoms with Crippen molar-refractivity contribution >= 4 is 22.6 Å². The first kappa shape index (κ1) is 18.4. The number of amides is 1. The fourth-order valence-corrected chi connectivity index (χ4v) is 3.88. The lowest BCUT2D eigenvalue weighted by molar-refractivity contribution is 0.0952. The number of furan rings is 1. The van der Waals surface area contributed by atoms with Gasteiger partial charge in [0.2, 0.25) is 0 Å². The zero-order chi connectivity index (χ0) is 20.3. The molecule has 3 aromatic heterocycles. The minimum absolute atomic E-state index is 0.138. The summed E-state index contributed by atoms with van der Waals surface area (Å²) in [4.78, 5) is 24.5. The predicted molar refractivity (Wildman–Crippen MR) is 116 cm³/mol. The third-order valence-electron chi connectivity index (χ3n) is 5.43. The van der Waals surface area contributed by atoms with Crippen molar-refractivity contribution in [2.24, 2.45) is 0 Å². The minimum atomic E-state index is -0.138. The molecule has 6 nitrogen and oxygen atoms in total. The Bertz CT molecular complexity index is 1180. The molecule has 0 unspecified atom stereocenters. The van der Waals surface area contributed by atoms with Crippen LogP contribution in [0.3, 0.4) is 0 Å². The van der Waals surface area contributed by atoms with Gasteiger partial charge in [0.25, 0.3) is 5.91 Å². The Balaban J connectivity index is 1.40. The van der Waals surface area contributed by atoms with E-state index in [1.165, 1.54) is 12.8 Å². The number of nitrogens with one attached hydrogen (secondary N) is 1. The first-order valence-electron chi connectivity index (χ1n) is 10.2. The number of carbonyl (C=O) groups is 1. The fourth-order valence-electron chi connectivity index (χ4n) is 3.88. The van der Waals surface area contributed by atoms with Gasteiger partial charge >= 0.3 is 0 Å². The minimum Gasteiger partial charge on any atom is -0.463 e. The van der Waals surface area contributed by atoms with Crippen LogP contribution in [0, 0.1) is 0 Å². The number of aromatic nitrogens is 2. The third kappa shape index (κ3) is 3.64. The van der Waals surface area contributed by atoms with Crippen LogP contribution >= 0.6 is 0 Å². The Kier molecular flexibility index (Phi) is 4.89. The molecule has 0 atom stereocenters. The highest BCUT2D eigenvalue weighted by Gasteiger charge is 2.16. The van der Waals surface area contributed by atoms with Gasteiger partial charge in [-0.1, -0.05) is 18.2 Å². The van der Waals surface area contributed by atoms with Gasteiger partial charge in [0.15, 0.2) is 5.76 Å². The average Bonchev–Trinajstić information content (AvgIpc) is 3.51. The summed E-state index contributed by atoms with van der Waals surface area (Å²) in [7, 11) is 0. The van der Waals surface area contributed by atoms with Crippen LogP contribution in [0.25, 0.3) is 22.4 Å². The second-order valence-electron chi connectivity index (χ2n) is 7.45. The van der Waals surface area contributed by atoms with Crippen molar-refractivity contribution < 1.29 is 9.21 Å². The van der Waals surface area contributed by atoms with E-state index in [-0.39, 0.29) is 5.91 Å². The molecule has 0 radical (unpaired) electrons. The van der Waals surface area contributed by atoms with E-state index in [1.807, 2.05) is 48.7 Å². The van der Waals surface area contributed by atoms with Gasteiger partial charge in [0.1, 0.15) is 11.5 Å². The van der Waals surface area contributed by atoms with E-state index in [2.05, 4.69) is 26.3 Å². The molecule has 1 aromatic carbocycles. The molecule has 5 rings (SSSR count). The maximum absolute atomic E-state index is 13.1. The summed E-state index contributed by atoms with van der Waals surface area (Å²) in [5.74, 6) is 1.48. The topological polar surface area (TPSA) is 71.3 Å². The third-order valence-corrected chi connectivity index (χ3v) is 5.43. The van der Waals surface area contributed by atoms with Gasteiger partial charge in [-0.15, -0.1) is 0 Å². The average molecular weight is 398 g/mol. The van der Waals surface area contributed by atoms with E-state index in [0.717, 1.165) is 35.4 Å². The number of nitrogens with zero attached hydrogens (tertiary/aromatic N) is 3. The van der Waals surface area contributed by atoms with E-state index < -0.39 is 0 Å². The largest absolute Gasteiger partial charge is 0.463 e. The van der Waals surface area contributed by atoms with E-state index in [1.54, 1.807) is 12.3 Å². The second-order valence-corrected chi connectivity index (χ2v) is 7.45.